The zero-order valence-corrected chi connectivity index (χ0v) is 9.23. The van der Waals surface area contributed by atoms with E-state index in [1.165, 1.54) is 0 Å². The van der Waals surface area contributed by atoms with Gasteiger partial charge < -0.3 is 10.1 Å². The van der Waals surface area contributed by atoms with E-state index in [9.17, 15) is 0 Å². The first-order chi connectivity index (χ1) is 7.88. The van der Waals surface area contributed by atoms with Gasteiger partial charge in [-0.05, 0) is 30.7 Å². The fourth-order valence-electron chi connectivity index (χ4n) is 1.34. The van der Waals surface area contributed by atoms with Gasteiger partial charge in [0.1, 0.15) is 11.6 Å². The van der Waals surface area contributed by atoms with Crippen LogP contribution in [-0.4, -0.2) is 16.8 Å². The molecule has 0 aliphatic carbocycles. The Balaban J connectivity index is 1.96. The lowest BCUT2D eigenvalue weighted by Crippen LogP contribution is -1.95. The molecule has 16 heavy (non-hydrogen) atoms. The fourth-order valence-corrected chi connectivity index (χ4v) is 1.34. The number of anilines is 2. The van der Waals surface area contributed by atoms with Crippen molar-refractivity contribution in [3.05, 3.63) is 36.5 Å². The molecule has 4 nitrogen and oxygen atoms in total. The van der Waals surface area contributed by atoms with Crippen LogP contribution in [0.4, 0.5) is 11.5 Å². The van der Waals surface area contributed by atoms with E-state index in [-0.39, 0.29) is 0 Å². The average Bonchev–Trinajstić information content (AvgIpc) is 2.81. The molecule has 0 spiro atoms. The van der Waals surface area contributed by atoms with Gasteiger partial charge in [0.15, 0.2) is 0 Å². The minimum Gasteiger partial charge on any atom is -0.494 e. The van der Waals surface area contributed by atoms with Crippen LogP contribution in [0.3, 0.4) is 0 Å². The maximum atomic E-state index is 5.50. The lowest BCUT2D eigenvalue weighted by atomic mass is 10.3. The first-order valence-corrected chi connectivity index (χ1v) is 5.38. The summed E-state index contributed by atoms with van der Waals surface area (Å²) in [6, 6.07) is 9.74. The molecular weight excluding hydrogens is 202 g/mol. The maximum absolute atomic E-state index is 5.50. The number of benzene rings is 1. The van der Waals surface area contributed by atoms with Crippen LogP contribution < -0.4 is 10.1 Å². The topological polar surface area (TPSA) is 49.9 Å². The van der Waals surface area contributed by atoms with Gasteiger partial charge in [0.2, 0.25) is 0 Å². The third kappa shape index (κ3) is 2.76. The van der Waals surface area contributed by atoms with Gasteiger partial charge in [0.05, 0.1) is 12.8 Å². The molecule has 0 unspecified atom stereocenters. The summed E-state index contributed by atoms with van der Waals surface area (Å²) in [6.07, 6.45) is 2.73. The Bertz CT molecular complexity index is 408. The number of hydrogen-bond acceptors (Lipinski definition) is 3. The Morgan fingerprint density at radius 2 is 2.06 bits per heavy atom. The van der Waals surface area contributed by atoms with Gasteiger partial charge in [-0.1, -0.05) is 6.92 Å². The van der Waals surface area contributed by atoms with Crippen molar-refractivity contribution in [3.8, 4) is 5.75 Å². The van der Waals surface area contributed by atoms with Gasteiger partial charge in [0.25, 0.3) is 0 Å². The van der Waals surface area contributed by atoms with Gasteiger partial charge in [0, 0.05) is 11.8 Å². The number of hydrogen-bond donors (Lipinski definition) is 2. The van der Waals surface area contributed by atoms with Gasteiger partial charge >= 0.3 is 0 Å². The molecule has 2 rings (SSSR count). The molecule has 0 amide bonds. The first kappa shape index (κ1) is 10.5. The summed E-state index contributed by atoms with van der Waals surface area (Å²) in [4.78, 5) is 0. The van der Waals surface area contributed by atoms with Crippen molar-refractivity contribution in [2.24, 2.45) is 0 Å². The van der Waals surface area contributed by atoms with Crippen LogP contribution in [0.5, 0.6) is 5.75 Å². The lowest BCUT2D eigenvalue weighted by molar-refractivity contribution is 0.317. The van der Waals surface area contributed by atoms with E-state index in [1.54, 1.807) is 6.20 Å². The van der Waals surface area contributed by atoms with Crippen molar-refractivity contribution in [2.75, 3.05) is 11.9 Å². The minimum absolute atomic E-state index is 0.757. The zero-order chi connectivity index (χ0) is 11.2. The second-order valence-electron chi connectivity index (χ2n) is 3.47. The second kappa shape index (κ2) is 5.21. The molecule has 1 aromatic carbocycles. The molecule has 2 N–H and O–H groups in total. The standard InChI is InChI=1S/C12H15N3O/c1-2-9-16-11-5-3-10(4-6-11)14-12-7-8-13-15-12/h3-8H,2,9H2,1H3,(H2,13,14,15). The fraction of sp³-hybridized carbons (Fsp3) is 0.250. The Morgan fingerprint density at radius 3 is 2.69 bits per heavy atom. The molecule has 1 aromatic heterocycles. The smallest absolute Gasteiger partial charge is 0.125 e. The second-order valence-corrected chi connectivity index (χ2v) is 3.47. The maximum Gasteiger partial charge on any atom is 0.125 e. The quantitative estimate of drug-likeness (QED) is 0.809. The molecule has 0 bridgehead atoms. The number of aromatic nitrogens is 2. The summed E-state index contributed by atoms with van der Waals surface area (Å²) in [5, 5.41) is 9.90. The molecule has 0 atom stereocenters. The van der Waals surface area contributed by atoms with Crippen molar-refractivity contribution >= 4 is 11.5 Å². The molecule has 0 aliphatic heterocycles. The molecule has 4 heteroatoms. The Hall–Kier alpha value is -1.97. The number of aromatic amines is 1. The van der Waals surface area contributed by atoms with E-state index in [4.69, 9.17) is 4.74 Å². The van der Waals surface area contributed by atoms with Crippen LogP contribution in [0.25, 0.3) is 0 Å². The van der Waals surface area contributed by atoms with E-state index in [2.05, 4.69) is 22.4 Å². The Labute approximate surface area is 94.6 Å². The number of H-pyrrole nitrogens is 1. The predicted octanol–water partition coefficient (Wildman–Crippen LogP) is 2.94. The molecule has 0 saturated carbocycles. The normalized spacial score (nSPS) is 10.1. The van der Waals surface area contributed by atoms with E-state index in [0.29, 0.717) is 0 Å². The molecule has 0 saturated heterocycles. The molecule has 2 aromatic rings. The van der Waals surface area contributed by atoms with Crippen LogP contribution in [0.2, 0.25) is 0 Å². The Kier molecular flexibility index (Phi) is 3.43. The number of ether oxygens (including phenoxy) is 1. The van der Waals surface area contributed by atoms with Crippen LogP contribution in [-0.2, 0) is 0 Å². The van der Waals surface area contributed by atoms with Gasteiger partial charge in [-0.15, -0.1) is 0 Å². The molecule has 0 radical (unpaired) electrons. The number of rotatable bonds is 5. The third-order valence-electron chi connectivity index (χ3n) is 2.11. The largest absolute Gasteiger partial charge is 0.494 e. The van der Waals surface area contributed by atoms with E-state index in [0.717, 1.165) is 30.3 Å². The van der Waals surface area contributed by atoms with Crippen molar-refractivity contribution in [1.29, 1.82) is 0 Å². The molecule has 0 fully saturated rings. The monoisotopic (exact) mass is 217 g/mol. The molecule has 84 valence electrons. The number of nitrogens with zero attached hydrogens (tertiary/aromatic N) is 1. The highest BCUT2D eigenvalue weighted by molar-refractivity contribution is 5.56. The molecular formula is C12H15N3O. The first-order valence-electron chi connectivity index (χ1n) is 5.38. The van der Waals surface area contributed by atoms with Crippen molar-refractivity contribution in [1.82, 2.24) is 10.2 Å². The predicted molar refractivity (Wildman–Crippen MR) is 64.1 cm³/mol. The molecule has 1 heterocycles. The lowest BCUT2D eigenvalue weighted by Gasteiger charge is -2.06. The number of nitrogens with one attached hydrogen (secondary N) is 2. The Morgan fingerprint density at radius 1 is 1.25 bits per heavy atom. The van der Waals surface area contributed by atoms with Crippen LogP contribution in [0.15, 0.2) is 36.5 Å². The third-order valence-corrected chi connectivity index (χ3v) is 2.11. The average molecular weight is 217 g/mol. The van der Waals surface area contributed by atoms with Gasteiger partial charge in [-0.25, -0.2) is 0 Å². The van der Waals surface area contributed by atoms with Crippen molar-refractivity contribution < 1.29 is 4.74 Å². The molecule has 0 aliphatic rings. The van der Waals surface area contributed by atoms with E-state index < -0.39 is 0 Å². The summed E-state index contributed by atoms with van der Waals surface area (Å²) in [6.45, 7) is 2.85. The van der Waals surface area contributed by atoms with Crippen LogP contribution >= 0.6 is 0 Å². The van der Waals surface area contributed by atoms with Crippen molar-refractivity contribution in [2.45, 2.75) is 13.3 Å². The highest BCUT2D eigenvalue weighted by atomic mass is 16.5. The zero-order valence-electron chi connectivity index (χ0n) is 9.23. The van der Waals surface area contributed by atoms with Crippen molar-refractivity contribution in [3.63, 3.8) is 0 Å². The van der Waals surface area contributed by atoms with Gasteiger partial charge in [-0.3, -0.25) is 5.10 Å². The van der Waals surface area contributed by atoms with Crippen LogP contribution in [0, 0.1) is 0 Å². The summed E-state index contributed by atoms with van der Waals surface area (Å²) < 4.78 is 5.50. The van der Waals surface area contributed by atoms with Gasteiger partial charge in [-0.2, -0.15) is 5.10 Å². The SMILES string of the molecule is CCCOc1ccc(Nc2ccn[nH]2)cc1. The van der Waals surface area contributed by atoms with E-state index in [1.807, 2.05) is 30.3 Å². The summed E-state index contributed by atoms with van der Waals surface area (Å²) >= 11 is 0. The summed E-state index contributed by atoms with van der Waals surface area (Å²) in [5.41, 5.74) is 1.01. The minimum atomic E-state index is 0.757. The van der Waals surface area contributed by atoms with Crippen LogP contribution in [0.1, 0.15) is 13.3 Å². The summed E-state index contributed by atoms with van der Waals surface area (Å²) in [7, 11) is 0. The highest BCUT2D eigenvalue weighted by Crippen LogP contribution is 2.18. The van der Waals surface area contributed by atoms with E-state index >= 15 is 0 Å². The highest BCUT2D eigenvalue weighted by Gasteiger charge is 1.96. The summed E-state index contributed by atoms with van der Waals surface area (Å²) in [5.74, 6) is 1.78.